The molecule has 2 aromatic heterocycles. The second-order valence-corrected chi connectivity index (χ2v) is 9.34. The Morgan fingerprint density at radius 3 is 2.56 bits per heavy atom. The lowest BCUT2D eigenvalue weighted by Gasteiger charge is -2.26. The summed E-state index contributed by atoms with van der Waals surface area (Å²) in [6.45, 7) is 9.70. The van der Waals surface area contributed by atoms with Gasteiger partial charge in [-0.1, -0.05) is 37.3 Å². The van der Waals surface area contributed by atoms with Crippen LogP contribution in [0.5, 0.6) is 11.6 Å². The van der Waals surface area contributed by atoms with Gasteiger partial charge in [-0.15, -0.1) is 0 Å². The van der Waals surface area contributed by atoms with Gasteiger partial charge in [0, 0.05) is 42.3 Å². The molecule has 5 heteroatoms. The van der Waals surface area contributed by atoms with Crippen LogP contribution in [0.2, 0.25) is 0 Å². The lowest BCUT2D eigenvalue weighted by molar-refractivity contribution is 0.220. The first kappa shape index (κ1) is 23.9. The molecule has 0 radical (unpaired) electrons. The summed E-state index contributed by atoms with van der Waals surface area (Å²) >= 11 is 0. The maximum atomic E-state index is 13.9. The summed E-state index contributed by atoms with van der Waals surface area (Å²) in [6.07, 6.45) is 9.51. The number of pyridine rings is 2. The van der Waals surface area contributed by atoms with Gasteiger partial charge in [0.2, 0.25) is 5.88 Å². The normalized spacial score (nSPS) is 13.9. The highest BCUT2D eigenvalue weighted by Gasteiger charge is 2.13. The average Bonchev–Trinajstić information content (AvgIpc) is 2.91. The Bertz CT molecular complexity index is 1360. The molecule has 182 valence electrons. The fourth-order valence-corrected chi connectivity index (χ4v) is 4.65. The Balaban J connectivity index is 1.34. The van der Waals surface area contributed by atoms with Crippen molar-refractivity contribution < 1.29 is 9.13 Å². The molecule has 0 N–H and O–H groups in total. The predicted octanol–water partition coefficient (Wildman–Crippen LogP) is 7.43. The van der Waals surface area contributed by atoms with Crippen molar-refractivity contribution in [3.05, 3.63) is 114 Å². The predicted molar refractivity (Wildman–Crippen MR) is 142 cm³/mol. The quantitative estimate of drug-likeness (QED) is 0.276. The molecule has 0 atom stereocenters. The first-order valence-corrected chi connectivity index (χ1v) is 12.4. The molecule has 4 nitrogen and oxygen atoms in total. The number of aromatic nitrogens is 2. The van der Waals surface area contributed by atoms with Gasteiger partial charge in [0.1, 0.15) is 0 Å². The summed E-state index contributed by atoms with van der Waals surface area (Å²) in [5, 5.41) is 0. The highest BCUT2D eigenvalue weighted by molar-refractivity contribution is 5.82. The first-order chi connectivity index (χ1) is 17.6. The SMILES string of the molecule is C=C(c1ccc(Oc2ccccc2F)nc1)c1cc(-c2cncc(CN3CCCCC3)c2)ccc1C. The molecule has 0 bridgehead atoms. The van der Waals surface area contributed by atoms with Crippen LogP contribution in [0, 0.1) is 12.7 Å². The maximum absolute atomic E-state index is 13.9. The molecule has 36 heavy (non-hydrogen) atoms. The molecule has 1 aliphatic heterocycles. The molecule has 0 spiro atoms. The van der Waals surface area contributed by atoms with Crippen LogP contribution < -0.4 is 4.74 Å². The monoisotopic (exact) mass is 479 g/mol. The Morgan fingerprint density at radius 2 is 1.78 bits per heavy atom. The standard InChI is InChI=1S/C31H30FN3O/c1-22-10-11-25(27-16-24(18-33-19-27)21-35-14-6-3-7-15-35)17-28(22)23(2)26-12-13-31(34-20-26)36-30-9-5-4-8-29(30)32/h4-5,8-13,16-20H,2-3,6-7,14-15,21H2,1H3. The summed E-state index contributed by atoms with van der Waals surface area (Å²) in [5.74, 6) is 0.0599. The van der Waals surface area contributed by atoms with Crippen LogP contribution in [-0.4, -0.2) is 28.0 Å². The number of ether oxygens (including phenoxy) is 1. The number of piperidine rings is 1. The van der Waals surface area contributed by atoms with E-state index in [0.29, 0.717) is 5.88 Å². The van der Waals surface area contributed by atoms with Crippen LogP contribution in [0.25, 0.3) is 16.7 Å². The summed E-state index contributed by atoms with van der Waals surface area (Å²) in [5.41, 5.74) is 7.39. The van der Waals surface area contributed by atoms with Crippen molar-refractivity contribution in [3.63, 3.8) is 0 Å². The van der Waals surface area contributed by atoms with Gasteiger partial charge in [-0.2, -0.15) is 0 Å². The van der Waals surface area contributed by atoms with Crippen molar-refractivity contribution >= 4 is 5.57 Å². The van der Waals surface area contributed by atoms with Gasteiger partial charge in [-0.25, -0.2) is 9.37 Å². The minimum absolute atomic E-state index is 0.149. The van der Waals surface area contributed by atoms with E-state index in [4.69, 9.17) is 4.74 Å². The number of hydrogen-bond donors (Lipinski definition) is 0. The molecule has 1 aliphatic rings. The molecular weight excluding hydrogens is 449 g/mol. The van der Waals surface area contributed by atoms with Crippen LogP contribution in [-0.2, 0) is 6.54 Å². The van der Waals surface area contributed by atoms with Gasteiger partial charge in [0.15, 0.2) is 11.6 Å². The van der Waals surface area contributed by atoms with Crippen LogP contribution in [0.3, 0.4) is 0 Å². The topological polar surface area (TPSA) is 38.3 Å². The van der Waals surface area contributed by atoms with Gasteiger partial charge in [-0.3, -0.25) is 9.88 Å². The molecule has 1 fully saturated rings. The zero-order valence-electron chi connectivity index (χ0n) is 20.6. The van der Waals surface area contributed by atoms with Crippen molar-refractivity contribution in [2.75, 3.05) is 13.1 Å². The highest BCUT2D eigenvalue weighted by atomic mass is 19.1. The number of benzene rings is 2. The Kier molecular flexibility index (Phi) is 7.19. The molecule has 0 saturated carbocycles. The van der Waals surface area contributed by atoms with E-state index >= 15 is 0 Å². The van der Waals surface area contributed by atoms with Crippen LogP contribution in [0.15, 0.2) is 85.8 Å². The smallest absolute Gasteiger partial charge is 0.219 e. The molecule has 0 amide bonds. The molecular formula is C31H30FN3O. The number of aryl methyl sites for hydroxylation is 1. The minimum atomic E-state index is -0.422. The van der Waals surface area contributed by atoms with Crippen molar-refractivity contribution in [1.29, 1.82) is 0 Å². The van der Waals surface area contributed by atoms with E-state index in [-0.39, 0.29) is 5.75 Å². The second kappa shape index (κ2) is 10.8. The summed E-state index contributed by atoms with van der Waals surface area (Å²) in [6, 6.07) is 18.6. The third-order valence-corrected chi connectivity index (χ3v) is 6.68. The molecule has 4 aromatic rings. The average molecular weight is 480 g/mol. The fourth-order valence-electron chi connectivity index (χ4n) is 4.65. The van der Waals surface area contributed by atoms with Crippen molar-refractivity contribution in [2.24, 2.45) is 0 Å². The number of nitrogens with zero attached hydrogens (tertiary/aromatic N) is 3. The highest BCUT2D eigenvalue weighted by Crippen LogP contribution is 2.31. The zero-order chi connectivity index (χ0) is 24.9. The van der Waals surface area contributed by atoms with Gasteiger partial charge in [0.25, 0.3) is 0 Å². The van der Waals surface area contributed by atoms with E-state index in [1.165, 1.54) is 30.9 Å². The van der Waals surface area contributed by atoms with E-state index in [1.807, 2.05) is 18.5 Å². The summed E-state index contributed by atoms with van der Waals surface area (Å²) < 4.78 is 19.5. The number of hydrogen-bond acceptors (Lipinski definition) is 4. The molecule has 0 aliphatic carbocycles. The third kappa shape index (κ3) is 5.52. The lowest BCUT2D eigenvalue weighted by Crippen LogP contribution is -2.29. The number of likely N-dealkylation sites (tertiary alicyclic amines) is 1. The van der Waals surface area contributed by atoms with Gasteiger partial charge in [0.05, 0.1) is 0 Å². The van der Waals surface area contributed by atoms with Crippen molar-refractivity contribution in [1.82, 2.24) is 14.9 Å². The molecule has 2 aromatic carbocycles. The molecule has 3 heterocycles. The van der Waals surface area contributed by atoms with Crippen molar-refractivity contribution in [3.8, 4) is 22.8 Å². The Labute approximate surface area is 212 Å². The maximum Gasteiger partial charge on any atom is 0.219 e. The molecule has 0 unspecified atom stereocenters. The van der Waals surface area contributed by atoms with Crippen LogP contribution >= 0.6 is 0 Å². The van der Waals surface area contributed by atoms with Crippen LogP contribution in [0.4, 0.5) is 4.39 Å². The van der Waals surface area contributed by atoms with E-state index in [0.717, 1.165) is 53.0 Å². The van der Waals surface area contributed by atoms with Crippen LogP contribution in [0.1, 0.15) is 41.5 Å². The van der Waals surface area contributed by atoms with E-state index in [2.05, 4.69) is 52.6 Å². The zero-order valence-corrected chi connectivity index (χ0v) is 20.6. The summed E-state index contributed by atoms with van der Waals surface area (Å²) in [4.78, 5) is 11.4. The van der Waals surface area contributed by atoms with E-state index in [1.54, 1.807) is 30.5 Å². The summed E-state index contributed by atoms with van der Waals surface area (Å²) in [7, 11) is 0. The van der Waals surface area contributed by atoms with E-state index in [9.17, 15) is 4.39 Å². The van der Waals surface area contributed by atoms with E-state index < -0.39 is 5.82 Å². The van der Waals surface area contributed by atoms with Gasteiger partial charge >= 0.3 is 0 Å². The minimum Gasteiger partial charge on any atom is -0.436 e. The lowest BCUT2D eigenvalue weighted by atomic mass is 9.93. The number of rotatable bonds is 7. The van der Waals surface area contributed by atoms with Crippen molar-refractivity contribution in [2.45, 2.75) is 32.7 Å². The van der Waals surface area contributed by atoms with Gasteiger partial charge in [-0.05, 0) is 91.0 Å². The third-order valence-electron chi connectivity index (χ3n) is 6.68. The fraction of sp³-hybridized carbons (Fsp3) is 0.226. The van der Waals surface area contributed by atoms with Gasteiger partial charge < -0.3 is 4.74 Å². The number of para-hydroxylation sites is 1. The molecule has 5 rings (SSSR count). The first-order valence-electron chi connectivity index (χ1n) is 12.4. The largest absolute Gasteiger partial charge is 0.436 e. The number of halogens is 1. The Hall–Kier alpha value is -3.83. The Morgan fingerprint density at radius 1 is 0.944 bits per heavy atom. The second-order valence-electron chi connectivity index (χ2n) is 9.34. The molecule has 1 saturated heterocycles.